The van der Waals surface area contributed by atoms with Gasteiger partial charge < -0.3 is 15.0 Å². The van der Waals surface area contributed by atoms with Gasteiger partial charge in [-0.3, -0.25) is 4.79 Å². The van der Waals surface area contributed by atoms with Crippen LogP contribution < -0.4 is 5.32 Å². The summed E-state index contributed by atoms with van der Waals surface area (Å²) < 4.78 is 44.2. The number of hydrogen-bond acceptors (Lipinski definition) is 6. The third-order valence-electron chi connectivity index (χ3n) is 3.47. The number of ether oxygens (including phenoxy) is 1. The van der Waals surface area contributed by atoms with Crippen LogP contribution in [-0.2, 0) is 15.7 Å². The number of hydrogen-bond donors (Lipinski definition) is 1. The summed E-state index contributed by atoms with van der Waals surface area (Å²) in [6, 6.07) is 0. The summed E-state index contributed by atoms with van der Waals surface area (Å²) in [6.07, 6.45) is -1.18. The number of carbonyl (C=O) groups is 1. The van der Waals surface area contributed by atoms with Crippen molar-refractivity contribution in [3.8, 4) is 0 Å². The fourth-order valence-corrected chi connectivity index (χ4v) is 2.58. The lowest BCUT2D eigenvalue weighted by Gasteiger charge is -2.20. The minimum absolute atomic E-state index is 0.00943. The first-order valence-electron chi connectivity index (χ1n) is 7.49. The molecule has 0 radical (unpaired) electrons. The largest absolute Gasteiger partial charge is 0.421 e. The number of halogens is 3. The van der Waals surface area contributed by atoms with E-state index in [1.807, 2.05) is 0 Å². The van der Waals surface area contributed by atoms with Gasteiger partial charge in [0.1, 0.15) is 11.4 Å². The van der Waals surface area contributed by atoms with Gasteiger partial charge in [0.2, 0.25) is 5.91 Å². The van der Waals surface area contributed by atoms with Crippen molar-refractivity contribution >= 4 is 23.5 Å². The molecule has 1 aromatic rings. The smallest absolute Gasteiger partial charge is 0.379 e. The minimum atomic E-state index is -4.52. The van der Waals surface area contributed by atoms with Crippen molar-refractivity contribution in [1.29, 1.82) is 0 Å². The summed E-state index contributed by atoms with van der Waals surface area (Å²) >= 11 is 1.17. The van der Waals surface area contributed by atoms with E-state index in [-0.39, 0.29) is 23.4 Å². The van der Waals surface area contributed by atoms with Gasteiger partial charge in [0.25, 0.3) is 0 Å². The van der Waals surface area contributed by atoms with E-state index in [2.05, 4.69) is 15.3 Å². The van der Waals surface area contributed by atoms with E-state index >= 15 is 0 Å². The minimum Gasteiger partial charge on any atom is -0.379 e. The standard InChI is InChI=1S/C14H19F3N4O2S/c1-24-13-19-9-10(14(15,16)17)12(20-13)18-4-2-5-21-6-8-23-7-3-11(21)22/h9H,2-8H2,1H3,(H,18,19,20). The van der Waals surface area contributed by atoms with E-state index in [1.165, 1.54) is 11.8 Å². The van der Waals surface area contributed by atoms with Crippen molar-refractivity contribution in [1.82, 2.24) is 14.9 Å². The molecule has 0 bridgehead atoms. The number of anilines is 1. The highest BCUT2D eigenvalue weighted by atomic mass is 32.2. The fraction of sp³-hybridized carbons (Fsp3) is 0.643. The Balaban J connectivity index is 1.92. The Labute approximate surface area is 142 Å². The molecule has 1 N–H and O–H groups in total. The van der Waals surface area contributed by atoms with Crippen molar-refractivity contribution in [2.45, 2.75) is 24.2 Å². The molecule has 6 nitrogen and oxygen atoms in total. The molecule has 1 aliphatic heterocycles. The Morgan fingerprint density at radius 1 is 1.42 bits per heavy atom. The number of thioether (sulfide) groups is 1. The predicted molar refractivity (Wildman–Crippen MR) is 83.9 cm³/mol. The van der Waals surface area contributed by atoms with E-state index in [0.29, 0.717) is 39.1 Å². The van der Waals surface area contributed by atoms with Gasteiger partial charge in [-0.2, -0.15) is 13.2 Å². The molecule has 10 heteroatoms. The first kappa shape index (κ1) is 18.8. The van der Waals surface area contributed by atoms with Crippen LogP contribution in [0.2, 0.25) is 0 Å². The molecule has 1 amide bonds. The number of aromatic nitrogens is 2. The van der Waals surface area contributed by atoms with Gasteiger partial charge in [0, 0.05) is 25.8 Å². The average molecular weight is 364 g/mol. The molecule has 1 aromatic heterocycles. The lowest BCUT2D eigenvalue weighted by Crippen LogP contribution is -2.33. The summed E-state index contributed by atoms with van der Waals surface area (Å²) in [5.74, 6) is -0.220. The van der Waals surface area contributed by atoms with Gasteiger partial charge in [0.15, 0.2) is 5.16 Å². The maximum atomic E-state index is 13.0. The second-order valence-electron chi connectivity index (χ2n) is 5.14. The maximum Gasteiger partial charge on any atom is 0.421 e. The van der Waals surface area contributed by atoms with Crippen LogP contribution in [0.15, 0.2) is 11.4 Å². The normalized spacial score (nSPS) is 16.2. The molecule has 0 aliphatic carbocycles. The second-order valence-corrected chi connectivity index (χ2v) is 5.91. The number of amides is 1. The van der Waals surface area contributed by atoms with E-state index < -0.39 is 11.7 Å². The zero-order chi connectivity index (χ0) is 17.6. The van der Waals surface area contributed by atoms with Gasteiger partial charge in [-0.1, -0.05) is 11.8 Å². The molecule has 0 saturated carbocycles. The molecule has 0 aromatic carbocycles. The molecule has 0 unspecified atom stereocenters. The summed E-state index contributed by atoms with van der Waals surface area (Å²) in [7, 11) is 0. The summed E-state index contributed by atoms with van der Waals surface area (Å²) in [5.41, 5.74) is -0.889. The Hall–Kier alpha value is -1.55. The SMILES string of the molecule is CSc1ncc(C(F)(F)F)c(NCCCN2CCOCCC2=O)n1. The quantitative estimate of drug-likeness (QED) is 0.475. The van der Waals surface area contributed by atoms with Crippen LogP contribution in [-0.4, -0.2) is 59.9 Å². The third-order valence-corrected chi connectivity index (χ3v) is 4.03. The molecular weight excluding hydrogens is 345 g/mol. The van der Waals surface area contributed by atoms with Crippen molar-refractivity contribution in [3.05, 3.63) is 11.8 Å². The Morgan fingerprint density at radius 2 is 2.21 bits per heavy atom. The van der Waals surface area contributed by atoms with Crippen LogP contribution in [0.25, 0.3) is 0 Å². The van der Waals surface area contributed by atoms with Crippen molar-refractivity contribution in [2.75, 3.05) is 44.4 Å². The lowest BCUT2D eigenvalue weighted by molar-refractivity contribution is -0.137. The van der Waals surface area contributed by atoms with Crippen molar-refractivity contribution in [2.24, 2.45) is 0 Å². The monoisotopic (exact) mass is 364 g/mol. The fourth-order valence-electron chi connectivity index (χ4n) is 2.24. The molecule has 2 rings (SSSR count). The van der Waals surface area contributed by atoms with Crippen LogP contribution in [0, 0.1) is 0 Å². The van der Waals surface area contributed by atoms with Crippen LogP contribution in [0.3, 0.4) is 0 Å². The third kappa shape index (κ3) is 5.23. The number of alkyl halides is 3. The van der Waals surface area contributed by atoms with E-state index in [4.69, 9.17) is 4.74 Å². The number of rotatable bonds is 6. The molecule has 24 heavy (non-hydrogen) atoms. The Morgan fingerprint density at radius 3 is 2.92 bits per heavy atom. The first-order chi connectivity index (χ1) is 11.4. The summed E-state index contributed by atoms with van der Waals surface area (Å²) in [4.78, 5) is 21.0. The summed E-state index contributed by atoms with van der Waals surface area (Å²) in [5, 5.41) is 2.98. The molecule has 0 spiro atoms. The second kappa shape index (κ2) is 8.52. The topological polar surface area (TPSA) is 67.3 Å². The average Bonchev–Trinajstić information content (AvgIpc) is 2.75. The molecule has 2 heterocycles. The van der Waals surface area contributed by atoms with Crippen molar-refractivity contribution < 1.29 is 22.7 Å². The van der Waals surface area contributed by atoms with Crippen LogP contribution in [0.1, 0.15) is 18.4 Å². The molecule has 0 atom stereocenters. The highest BCUT2D eigenvalue weighted by Gasteiger charge is 2.35. The van der Waals surface area contributed by atoms with Gasteiger partial charge >= 0.3 is 6.18 Å². The molecule has 134 valence electrons. The zero-order valence-electron chi connectivity index (χ0n) is 13.2. The number of nitrogens with zero attached hydrogens (tertiary/aromatic N) is 3. The zero-order valence-corrected chi connectivity index (χ0v) is 14.0. The van der Waals surface area contributed by atoms with Crippen LogP contribution in [0.5, 0.6) is 0 Å². The highest BCUT2D eigenvalue weighted by Crippen LogP contribution is 2.33. The Kier molecular flexibility index (Phi) is 6.67. The van der Waals surface area contributed by atoms with E-state index in [9.17, 15) is 18.0 Å². The highest BCUT2D eigenvalue weighted by molar-refractivity contribution is 7.98. The molecule has 1 aliphatic rings. The molecule has 1 saturated heterocycles. The first-order valence-corrected chi connectivity index (χ1v) is 8.72. The van der Waals surface area contributed by atoms with Gasteiger partial charge in [-0.05, 0) is 12.7 Å². The number of carbonyl (C=O) groups excluding carboxylic acids is 1. The predicted octanol–water partition coefficient (Wildman–Crippen LogP) is 2.27. The maximum absolute atomic E-state index is 13.0. The summed E-state index contributed by atoms with van der Waals surface area (Å²) in [6.45, 7) is 2.16. The van der Waals surface area contributed by atoms with E-state index in [1.54, 1.807) is 11.2 Å². The van der Waals surface area contributed by atoms with Gasteiger partial charge in [-0.15, -0.1) is 0 Å². The van der Waals surface area contributed by atoms with E-state index in [0.717, 1.165) is 6.20 Å². The molecule has 1 fully saturated rings. The number of nitrogens with one attached hydrogen (secondary N) is 1. The van der Waals surface area contributed by atoms with Crippen LogP contribution in [0.4, 0.5) is 19.0 Å². The lowest BCUT2D eigenvalue weighted by atomic mass is 10.3. The van der Waals surface area contributed by atoms with Gasteiger partial charge in [-0.25, -0.2) is 9.97 Å². The Bertz CT molecular complexity index is 571. The van der Waals surface area contributed by atoms with Gasteiger partial charge in [0.05, 0.1) is 19.6 Å². The van der Waals surface area contributed by atoms with Crippen LogP contribution >= 0.6 is 11.8 Å². The molecular formula is C14H19F3N4O2S. The van der Waals surface area contributed by atoms with Crippen molar-refractivity contribution in [3.63, 3.8) is 0 Å².